The van der Waals surface area contributed by atoms with Crippen LogP contribution in [0.4, 0.5) is 4.79 Å². The van der Waals surface area contributed by atoms with Crippen LogP contribution in [0.25, 0.3) is 11.1 Å². The number of fused-ring (bicyclic) bond motifs is 3. The number of likely N-dealkylation sites (N-methyl/N-ethyl adjacent to an activating group) is 1. The first-order chi connectivity index (χ1) is 16.4. The minimum Gasteiger partial charge on any atom is -0.481 e. The summed E-state index contributed by atoms with van der Waals surface area (Å²) in [6.45, 7) is 2.53. The number of nitrogens with zero attached hydrogens (tertiary/aromatic N) is 1. The highest BCUT2D eigenvalue weighted by Crippen LogP contribution is 2.44. The van der Waals surface area contributed by atoms with E-state index in [4.69, 9.17) is 14.6 Å². The third-order valence-corrected chi connectivity index (χ3v) is 6.66. The van der Waals surface area contributed by atoms with E-state index in [9.17, 15) is 14.4 Å². The number of rotatable bonds is 8. The molecule has 0 saturated carbocycles. The molecule has 2 aliphatic rings. The number of hydrogen-bond acceptors (Lipinski definition) is 5. The van der Waals surface area contributed by atoms with Gasteiger partial charge in [-0.2, -0.15) is 0 Å². The molecule has 1 saturated heterocycles. The Labute approximate surface area is 198 Å². The molecule has 1 aliphatic heterocycles. The van der Waals surface area contributed by atoms with E-state index in [2.05, 4.69) is 29.6 Å². The van der Waals surface area contributed by atoms with Gasteiger partial charge in [-0.15, -0.1) is 0 Å². The molecule has 4 rings (SSSR count). The number of benzene rings is 2. The Morgan fingerprint density at radius 1 is 1.12 bits per heavy atom. The lowest BCUT2D eigenvalue weighted by Crippen LogP contribution is -2.44. The van der Waals surface area contributed by atoms with E-state index in [1.54, 1.807) is 14.0 Å². The Kier molecular flexibility index (Phi) is 7.17. The fourth-order valence-electron chi connectivity index (χ4n) is 4.78. The quantitative estimate of drug-likeness (QED) is 0.619. The topological polar surface area (TPSA) is 105 Å². The molecular weight excluding hydrogens is 436 g/mol. The highest BCUT2D eigenvalue weighted by atomic mass is 16.5. The second-order valence-electron chi connectivity index (χ2n) is 9.00. The number of carboxylic acid groups (broad SMARTS) is 1. The van der Waals surface area contributed by atoms with Crippen molar-refractivity contribution >= 4 is 18.0 Å². The van der Waals surface area contributed by atoms with Crippen molar-refractivity contribution in [1.29, 1.82) is 0 Å². The molecule has 2 amide bonds. The zero-order chi connectivity index (χ0) is 24.2. The summed E-state index contributed by atoms with van der Waals surface area (Å²) in [5, 5.41) is 11.9. The van der Waals surface area contributed by atoms with Crippen molar-refractivity contribution in [3.05, 3.63) is 59.7 Å². The number of alkyl carbamates (subject to hydrolysis) is 1. The van der Waals surface area contributed by atoms with Crippen LogP contribution in [-0.4, -0.2) is 67.4 Å². The summed E-state index contributed by atoms with van der Waals surface area (Å²) < 4.78 is 11.2. The molecule has 1 unspecified atom stereocenters. The highest BCUT2D eigenvalue weighted by molar-refractivity contribution is 5.82. The fraction of sp³-hybridized carbons (Fsp3) is 0.423. The normalized spacial score (nSPS) is 19.7. The first-order valence-corrected chi connectivity index (χ1v) is 11.5. The molecule has 0 spiro atoms. The molecule has 0 bridgehead atoms. The molecular formula is C26H30N2O6. The summed E-state index contributed by atoms with van der Waals surface area (Å²) in [4.78, 5) is 37.7. The zero-order valence-electron chi connectivity index (χ0n) is 19.4. The number of hydrogen-bond donors (Lipinski definition) is 2. The van der Waals surface area contributed by atoms with E-state index >= 15 is 0 Å². The Bertz CT molecular complexity index is 1030. The van der Waals surface area contributed by atoms with Gasteiger partial charge in [-0.25, -0.2) is 4.79 Å². The average molecular weight is 467 g/mol. The Morgan fingerprint density at radius 2 is 1.74 bits per heavy atom. The van der Waals surface area contributed by atoms with Crippen molar-refractivity contribution < 1.29 is 29.0 Å². The molecule has 3 atom stereocenters. The molecule has 8 heteroatoms. The van der Waals surface area contributed by atoms with Crippen LogP contribution in [0.1, 0.15) is 30.4 Å². The van der Waals surface area contributed by atoms with Crippen LogP contribution in [-0.2, 0) is 19.1 Å². The van der Waals surface area contributed by atoms with Gasteiger partial charge >= 0.3 is 12.1 Å². The molecule has 8 nitrogen and oxygen atoms in total. The van der Waals surface area contributed by atoms with E-state index in [1.807, 2.05) is 24.3 Å². The zero-order valence-corrected chi connectivity index (χ0v) is 19.4. The number of aliphatic carboxylic acids is 1. The number of ether oxygens (including phenoxy) is 2. The lowest BCUT2D eigenvalue weighted by molar-refractivity contribution is -0.146. The first kappa shape index (κ1) is 23.8. The summed E-state index contributed by atoms with van der Waals surface area (Å²) in [6, 6.07) is 16.3. The maximum Gasteiger partial charge on any atom is 0.407 e. The molecule has 0 aromatic heterocycles. The smallest absolute Gasteiger partial charge is 0.407 e. The van der Waals surface area contributed by atoms with Crippen molar-refractivity contribution in [2.24, 2.45) is 11.8 Å². The standard InChI is InChI=1S/C26H30N2O6/c1-16(25(30)31)14-28(2)24(29)23-17(11-12-33-23)13-27-26(32)34-15-22-20-9-5-3-7-18(20)19-8-4-6-10-21(19)22/h3-10,16-17,22-23H,11-15H2,1-2H3,(H,27,32)(H,30,31)/t16?,17-,23-/m1/s1. The lowest BCUT2D eigenvalue weighted by atomic mass is 9.98. The van der Waals surface area contributed by atoms with Crippen LogP contribution < -0.4 is 5.32 Å². The van der Waals surface area contributed by atoms with Gasteiger partial charge in [-0.3, -0.25) is 9.59 Å². The second-order valence-corrected chi connectivity index (χ2v) is 9.00. The van der Waals surface area contributed by atoms with Crippen molar-refractivity contribution in [2.75, 3.05) is 33.4 Å². The molecule has 2 N–H and O–H groups in total. The summed E-state index contributed by atoms with van der Waals surface area (Å²) in [7, 11) is 1.57. The van der Waals surface area contributed by atoms with Gasteiger partial charge in [0.05, 0.1) is 5.92 Å². The van der Waals surface area contributed by atoms with Gasteiger partial charge in [0.25, 0.3) is 5.91 Å². The molecule has 2 aromatic carbocycles. The van der Waals surface area contributed by atoms with Crippen molar-refractivity contribution in [1.82, 2.24) is 10.2 Å². The van der Waals surface area contributed by atoms with Gasteiger partial charge in [0, 0.05) is 38.6 Å². The van der Waals surface area contributed by atoms with E-state index in [0.29, 0.717) is 13.0 Å². The van der Waals surface area contributed by atoms with Crippen molar-refractivity contribution in [2.45, 2.75) is 25.4 Å². The minimum atomic E-state index is -0.958. The molecule has 1 heterocycles. The second kappa shape index (κ2) is 10.3. The van der Waals surface area contributed by atoms with E-state index in [0.717, 1.165) is 22.3 Å². The molecule has 0 radical (unpaired) electrons. The summed E-state index contributed by atoms with van der Waals surface area (Å²) in [5.41, 5.74) is 4.62. The summed E-state index contributed by atoms with van der Waals surface area (Å²) in [5.74, 6) is -2.12. The largest absolute Gasteiger partial charge is 0.481 e. The van der Waals surface area contributed by atoms with Gasteiger partial charge in [0.1, 0.15) is 12.7 Å². The van der Waals surface area contributed by atoms with E-state index in [1.165, 1.54) is 4.90 Å². The van der Waals surface area contributed by atoms with E-state index < -0.39 is 24.1 Å². The molecule has 34 heavy (non-hydrogen) atoms. The highest BCUT2D eigenvalue weighted by Gasteiger charge is 2.37. The first-order valence-electron chi connectivity index (χ1n) is 11.5. The number of nitrogens with one attached hydrogen (secondary N) is 1. The molecule has 2 aromatic rings. The number of carboxylic acids is 1. The molecule has 180 valence electrons. The Morgan fingerprint density at radius 3 is 2.35 bits per heavy atom. The Hall–Kier alpha value is -3.39. The van der Waals surface area contributed by atoms with Gasteiger partial charge in [0.15, 0.2) is 0 Å². The van der Waals surface area contributed by atoms with Crippen LogP contribution in [0.5, 0.6) is 0 Å². The third-order valence-electron chi connectivity index (χ3n) is 6.66. The minimum absolute atomic E-state index is 0.0211. The van der Waals surface area contributed by atoms with Gasteiger partial charge in [-0.1, -0.05) is 55.5 Å². The van der Waals surface area contributed by atoms with Crippen molar-refractivity contribution in [3.8, 4) is 11.1 Å². The Balaban J connectivity index is 1.30. The van der Waals surface area contributed by atoms with Crippen molar-refractivity contribution in [3.63, 3.8) is 0 Å². The summed E-state index contributed by atoms with van der Waals surface area (Å²) >= 11 is 0. The number of carbonyl (C=O) groups excluding carboxylic acids is 2. The van der Waals surface area contributed by atoms with Gasteiger partial charge in [-0.05, 0) is 28.7 Å². The van der Waals surface area contributed by atoms with Crippen LogP contribution in [0, 0.1) is 11.8 Å². The maximum atomic E-state index is 12.8. The monoisotopic (exact) mass is 466 g/mol. The molecule has 1 aliphatic carbocycles. The molecule has 1 fully saturated rings. The van der Waals surface area contributed by atoms with E-state index in [-0.39, 0.29) is 37.4 Å². The SMILES string of the molecule is CC(CN(C)C(=O)[C@@H]1OCC[C@@H]1CNC(=O)OCC1c2ccccc2-c2ccccc21)C(=O)O. The number of amides is 2. The van der Waals surface area contributed by atoms with Crippen LogP contribution in [0.2, 0.25) is 0 Å². The third kappa shape index (κ3) is 4.92. The summed E-state index contributed by atoms with van der Waals surface area (Å²) in [6.07, 6.45) is -0.616. The maximum absolute atomic E-state index is 12.8. The van der Waals surface area contributed by atoms with Gasteiger partial charge < -0.3 is 24.8 Å². The van der Waals surface area contributed by atoms with Crippen LogP contribution in [0.3, 0.4) is 0 Å². The fourth-order valence-corrected chi connectivity index (χ4v) is 4.78. The number of carbonyl (C=O) groups is 3. The lowest BCUT2D eigenvalue weighted by Gasteiger charge is -2.25. The predicted octanol–water partition coefficient (Wildman–Crippen LogP) is 3.11. The van der Waals surface area contributed by atoms with Gasteiger partial charge in [0.2, 0.25) is 0 Å². The average Bonchev–Trinajstić information content (AvgIpc) is 3.43. The predicted molar refractivity (Wildman–Crippen MR) is 125 cm³/mol. The van der Waals surface area contributed by atoms with Crippen LogP contribution in [0.15, 0.2) is 48.5 Å². The van der Waals surface area contributed by atoms with Crippen LogP contribution >= 0.6 is 0 Å².